The Hall–Kier alpha value is -1.79. The number of halogens is 2. The van der Waals surface area contributed by atoms with Crippen LogP contribution >= 0.6 is 23.2 Å². The fourth-order valence-electron chi connectivity index (χ4n) is 2.39. The summed E-state index contributed by atoms with van der Waals surface area (Å²) < 4.78 is 4.99. The number of hydrogen-bond donors (Lipinski definition) is 1. The molecule has 1 fully saturated rings. The lowest BCUT2D eigenvalue weighted by Crippen LogP contribution is -2.45. The quantitative estimate of drug-likeness (QED) is 0.832. The number of nitrogens with zero attached hydrogens (tertiary/aromatic N) is 1. The Morgan fingerprint density at radius 1 is 1.30 bits per heavy atom. The summed E-state index contributed by atoms with van der Waals surface area (Å²) in [6.07, 6.45) is 1.35. The molecule has 1 saturated heterocycles. The first-order chi connectivity index (χ1) is 10.9. The number of benzene rings is 1. The molecule has 1 atom stereocenters. The average molecular weight is 359 g/mol. The van der Waals surface area contributed by atoms with Crippen molar-refractivity contribution in [3.63, 3.8) is 0 Å². The molecule has 1 aliphatic rings. The fraction of sp³-hybridized carbons (Fsp3) is 0.400. The standard InChI is InChI=1S/C15H16Cl2N2O4/c16-11-5-1-4-10(13(11)17)15(22)23-8-12(20)19-6-2-3-9(7-19)14(18)21/h1,4-5,9H,2-3,6-8H2,(H2,18,21)/t9-/m0/s1. The summed E-state index contributed by atoms with van der Waals surface area (Å²) in [4.78, 5) is 36.8. The van der Waals surface area contributed by atoms with Crippen molar-refractivity contribution in [3.05, 3.63) is 33.8 Å². The SMILES string of the molecule is NC(=O)[C@H]1CCCN(C(=O)COC(=O)c2cccc(Cl)c2Cl)C1. The minimum absolute atomic E-state index is 0.0818. The molecule has 8 heteroatoms. The van der Waals surface area contributed by atoms with E-state index in [9.17, 15) is 14.4 Å². The number of rotatable bonds is 4. The smallest absolute Gasteiger partial charge is 0.340 e. The number of esters is 1. The Morgan fingerprint density at radius 2 is 2.04 bits per heavy atom. The highest BCUT2D eigenvalue weighted by molar-refractivity contribution is 6.43. The predicted octanol–water partition coefficient (Wildman–Crippen LogP) is 1.87. The molecule has 1 aliphatic heterocycles. The van der Waals surface area contributed by atoms with Crippen LogP contribution in [-0.4, -0.2) is 42.4 Å². The molecule has 124 valence electrons. The summed E-state index contributed by atoms with van der Waals surface area (Å²) in [7, 11) is 0. The molecule has 0 radical (unpaired) electrons. The van der Waals surface area contributed by atoms with Crippen molar-refractivity contribution >= 4 is 41.0 Å². The molecule has 0 saturated carbocycles. The van der Waals surface area contributed by atoms with Crippen LogP contribution in [0, 0.1) is 5.92 Å². The van der Waals surface area contributed by atoms with Crippen molar-refractivity contribution in [2.75, 3.05) is 19.7 Å². The fourth-order valence-corrected chi connectivity index (χ4v) is 2.77. The van der Waals surface area contributed by atoms with Gasteiger partial charge in [0.25, 0.3) is 5.91 Å². The van der Waals surface area contributed by atoms with E-state index in [1.165, 1.54) is 11.0 Å². The van der Waals surface area contributed by atoms with Gasteiger partial charge in [-0.15, -0.1) is 0 Å². The van der Waals surface area contributed by atoms with Crippen molar-refractivity contribution in [1.82, 2.24) is 4.90 Å². The van der Waals surface area contributed by atoms with E-state index in [2.05, 4.69) is 0 Å². The lowest BCUT2D eigenvalue weighted by molar-refractivity contribution is -0.137. The molecule has 23 heavy (non-hydrogen) atoms. The minimum Gasteiger partial charge on any atom is -0.452 e. The Kier molecular flexibility index (Phi) is 5.85. The third-order valence-electron chi connectivity index (χ3n) is 3.67. The van der Waals surface area contributed by atoms with Gasteiger partial charge in [-0.2, -0.15) is 0 Å². The van der Waals surface area contributed by atoms with Crippen LogP contribution in [0.15, 0.2) is 18.2 Å². The third kappa shape index (κ3) is 4.36. The molecular formula is C15H16Cl2N2O4. The average Bonchev–Trinajstić information content (AvgIpc) is 2.55. The molecule has 2 rings (SSSR count). The van der Waals surface area contributed by atoms with E-state index in [1.807, 2.05) is 0 Å². The minimum atomic E-state index is -0.727. The van der Waals surface area contributed by atoms with Crippen molar-refractivity contribution in [3.8, 4) is 0 Å². The molecule has 0 unspecified atom stereocenters. The largest absolute Gasteiger partial charge is 0.452 e. The highest BCUT2D eigenvalue weighted by Gasteiger charge is 2.27. The number of ether oxygens (including phenoxy) is 1. The number of nitrogens with two attached hydrogens (primary N) is 1. The van der Waals surface area contributed by atoms with Gasteiger partial charge < -0.3 is 15.4 Å². The van der Waals surface area contributed by atoms with E-state index in [0.29, 0.717) is 19.4 Å². The van der Waals surface area contributed by atoms with Crippen LogP contribution in [-0.2, 0) is 14.3 Å². The normalized spacial score (nSPS) is 17.7. The van der Waals surface area contributed by atoms with E-state index < -0.39 is 18.5 Å². The zero-order valence-corrected chi connectivity index (χ0v) is 13.8. The zero-order chi connectivity index (χ0) is 17.0. The molecule has 2 amide bonds. The highest BCUT2D eigenvalue weighted by Crippen LogP contribution is 2.26. The highest BCUT2D eigenvalue weighted by atomic mass is 35.5. The number of piperidine rings is 1. The van der Waals surface area contributed by atoms with Gasteiger partial charge in [0.15, 0.2) is 6.61 Å². The molecule has 0 spiro atoms. The lowest BCUT2D eigenvalue weighted by Gasteiger charge is -2.31. The summed E-state index contributed by atoms with van der Waals surface area (Å²) in [6.45, 7) is 0.342. The van der Waals surface area contributed by atoms with Crippen LogP contribution in [0.2, 0.25) is 10.0 Å². The van der Waals surface area contributed by atoms with Gasteiger partial charge in [-0.25, -0.2) is 4.79 Å². The molecule has 1 aromatic carbocycles. The van der Waals surface area contributed by atoms with Crippen molar-refractivity contribution in [1.29, 1.82) is 0 Å². The molecule has 1 aromatic rings. The van der Waals surface area contributed by atoms with Crippen molar-refractivity contribution in [2.45, 2.75) is 12.8 Å². The topological polar surface area (TPSA) is 89.7 Å². The van der Waals surface area contributed by atoms with E-state index in [4.69, 9.17) is 33.7 Å². The molecule has 0 aliphatic carbocycles. The zero-order valence-electron chi connectivity index (χ0n) is 12.3. The van der Waals surface area contributed by atoms with Gasteiger partial charge in [0.1, 0.15) is 0 Å². The summed E-state index contributed by atoms with van der Waals surface area (Å²) in [5, 5.41) is 0.311. The molecule has 6 nitrogen and oxygen atoms in total. The summed E-state index contributed by atoms with van der Waals surface area (Å²) in [5.41, 5.74) is 5.37. The molecular weight excluding hydrogens is 343 g/mol. The molecule has 1 heterocycles. The monoisotopic (exact) mass is 358 g/mol. The first-order valence-electron chi connectivity index (χ1n) is 7.08. The van der Waals surface area contributed by atoms with E-state index in [1.54, 1.807) is 12.1 Å². The second-order valence-electron chi connectivity index (χ2n) is 5.26. The van der Waals surface area contributed by atoms with Crippen LogP contribution in [0.1, 0.15) is 23.2 Å². The molecule has 0 bridgehead atoms. The number of primary amides is 1. The first kappa shape index (κ1) is 17.6. The first-order valence-corrected chi connectivity index (χ1v) is 7.84. The Labute approximate surface area is 143 Å². The van der Waals surface area contributed by atoms with E-state index in [-0.39, 0.29) is 34.0 Å². The summed E-state index contributed by atoms with van der Waals surface area (Å²) in [6, 6.07) is 4.57. The maximum absolute atomic E-state index is 12.1. The molecule has 2 N–H and O–H groups in total. The van der Waals surface area contributed by atoms with E-state index >= 15 is 0 Å². The van der Waals surface area contributed by atoms with Crippen molar-refractivity contribution < 1.29 is 19.1 Å². The maximum atomic E-state index is 12.1. The van der Waals surface area contributed by atoms with Crippen LogP contribution in [0.5, 0.6) is 0 Å². The van der Waals surface area contributed by atoms with Crippen LogP contribution in [0.25, 0.3) is 0 Å². The summed E-state index contributed by atoms with van der Waals surface area (Å²) in [5.74, 6) is -1.88. The maximum Gasteiger partial charge on any atom is 0.340 e. The van der Waals surface area contributed by atoms with Gasteiger partial charge in [0.2, 0.25) is 5.91 Å². The van der Waals surface area contributed by atoms with Gasteiger partial charge in [-0.3, -0.25) is 9.59 Å². The van der Waals surface area contributed by atoms with Gasteiger partial charge >= 0.3 is 5.97 Å². The van der Waals surface area contributed by atoms with Crippen LogP contribution < -0.4 is 5.73 Å². The second-order valence-corrected chi connectivity index (χ2v) is 6.04. The second kappa shape index (κ2) is 7.66. The predicted molar refractivity (Wildman–Crippen MR) is 85.2 cm³/mol. The lowest BCUT2D eigenvalue weighted by atomic mass is 9.97. The Bertz CT molecular complexity index is 636. The number of amides is 2. The van der Waals surface area contributed by atoms with Gasteiger partial charge in [0, 0.05) is 13.1 Å². The molecule has 0 aromatic heterocycles. The van der Waals surface area contributed by atoms with Gasteiger partial charge in [-0.1, -0.05) is 29.3 Å². The van der Waals surface area contributed by atoms with E-state index in [0.717, 1.165) is 0 Å². The number of carbonyl (C=O) groups excluding carboxylic acids is 3. The Morgan fingerprint density at radius 3 is 2.74 bits per heavy atom. The number of carbonyl (C=O) groups is 3. The summed E-state index contributed by atoms with van der Waals surface area (Å²) >= 11 is 11.8. The van der Waals surface area contributed by atoms with Gasteiger partial charge in [0.05, 0.1) is 21.5 Å². The Balaban J connectivity index is 1.92. The number of likely N-dealkylation sites (tertiary alicyclic amines) is 1. The van der Waals surface area contributed by atoms with Gasteiger partial charge in [-0.05, 0) is 25.0 Å². The third-order valence-corrected chi connectivity index (χ3v) is 4.49. The van der Waals surface area contributed by atoms with Crippen LogP contribution in [0.4, 0.5) is 0 Å². The van der Waals surface area contributed by atoms with Crippen LogP contribution in [0.3, 0.4) is 0 Å². The number of hydrogen-bond acceptors (Lipinski definition) is 4. The van der Waals surface area contributed by atoms with Crippen molar-refractivity contribution in [2.24, 2.45) is 11.7 Å².